The van der Waals surface area contributed by atoms with Crippen LogP contribution in [0.2, 0.25) is 0 Å². The number of ether oxygens (including phenoxy) is 2. The molecular weight excluding hydrogens is 332 g/mol. The summed E-state index contributed by atoms with van der Waals surface area (Å²) in [7, 11) is -4.00. The Morgan fingerprint density at radius 3 is 1.67 bits per heavy atom. The third-order valence-electron chi connectivity index (χ3n) is 3.54. The van der Waals surface area contributed by atoms with Crippen LogP contribution in [0.5, 0.6) is 0 Å². The highest BCUT2D eigenvalue weighted by molar-refractivity contribution is 7.81. The van der Waals surface area contributed by atoms with Crippen LogP contribution in [0.4, 0.5) is 0 Å². The summed E-state index contributed by atoms with van der Waals surface area (Å²) in [6.07, 6.45) is 8.63. The van der Waals surface area contributed by atoms with Crippen molar-refractivity contribution in [2.24, 2.45) is 0 Å². The van der Waals surface area contributed by atoms with Gasteiger partial charge in [-0.1, -0.05) is 52.4 Å². The molecule has 0 atom stereocenters. The molecule has 0 fully saturated rings. The predicted octanol–water partition coefficient (Wildman–Crippen LogP) is 4.19. The minimum Gasteiger partial charge on any atom is -0.348 e. The molecule has 0 heterocycles. The van der Waals surface area contributed by atoms with E-state index in [9.17, 15) is 8.42 Å². The number of hydrogen-bond donors (Lipinski definition) is 0. The van der Waals surface area contributed by atoms with E-state index < -0.39 is 16.2 Å². The summed E-state index contributed by atoms with van der Waals surface area (Å²) >= 11 is 0. The van der Waals surface area contributed by atoms with Gasteiger partial charge < -0.3 is 9.47 Å². The van der Waals surface area contributed by atoms with Crippen LogP contribution in [0.3, 0.4) is 0 Å². The van der Waals surface area contributed by atoms with Gasteiger partial charge in [0.25, 0.3) is 0 Å². The van der Waals surface area contributed by atoms with Crippen molar-refractivity contribution in [1.82, 2.24) is 0 Å². The molecule has 0 unspecified atom stereocenters. The lowest BCUT2D eigenvalue weighted by molar-refractivity contribution is -0.240. The largest absolute Gasteiger partial charge is 0.400 e. The molecule has 0 aromatic heterocycles. The first kappa shape index (κ1) is 23.8. The highest BCUT2D eigenvalue weighted by atomic mass is 32.3. The zero-order chi connectivity index (χ0) is 18.3. The number of unbranched alkanes of at least 4 members (excludes halogenated alkanes) is 6. The monoisotopic (exact) mass is 368 g/mol. The highest BCUT2D eigenvalue weighted by Crippen LogP contribution is 2.17. The summed E-state index contributed by atoms with van der Waals surface area (Å²) in [6, 6.07) is 0. The van der Waals surface area contributed by atoms with Crippen molar-refractivity contribution in [1.29, 1.82) is 0 Å². The topological polar surface area (TPSA) is 71.1 Å². The summed E-state index contributed by atoms with van der Waals surface area (Å²) in [5.74, 6) is -1.08. The molecule has 146 valence electrons. The molecule has 0 aromatic carbocycles. The van der Waals surface area contributed by atoms with Crippen molar-refractivity contribution in [3.05, 3.63) is 0 Å². The van der Waals surface area contributed by atoms with Crippen LogP contribution in [-0.2, 0) is 28.2 Å². The summed E-state index contributed by atoms with van der Waals surface area (Å²) in [4.78, 5) is 0. The fraction of sp³-hybridized carbons (Fsp3) is 1.00. The van der Waals surface area contributed by atoms with Crippen molar-refractivity contribution in [2.45, 2.75) is 84.8 Å². The quantitative estimate of drug-likeness (QED) is 0.283. The maximum atomic E-state index is 11.6. The first-order valence-electron chi connectivity index (χ1n) is 9.20. The maximum Gasteiger partial charge on any atom is 0.400 e. The Hall–Kier alpha value is -0.210. The Kier molecular flexibility index (Phi) is 13.9. The Morgan fingerprint density at radius 2 is 1.25 bits per heavy atom. The van der Waals surface area contributed by atoms with Crippen molar-refractivity contribution in [3.63, 3.8) is 0 Å². The molecule has 7 heteroatoms. The van der Waals surface area contributed by atoms with Crippen LogP contribution in [-0.4, -0.2) is 40.6 Å². The maximum absolute atomic E-state index is 11.6. The third kappa shape index (κ3) is 13.1. The summed E-state index contributed by atoms with van der Waals surface area (Å²) in [5, 5.41) is 0. The van der Waals surface area contributed by atoms with Gasteiger partial charge in [-0.3, -0.25) is 0 Å². The lowest BCUT2D eigenvalue weighted by Crippen LogP contribution is -2.39. The van der Waals surface area contributed by atoms with E-state index in [1.165, 1.54) is 0 Å². The lowest BCUT2D eigenvalue weighted by Gasteiger charge is -2.29. The first-order valence-corrected chi connectivity index (χ1v) is 10.5. The predicted molar refractivity (Wildman–Crippen MR) is 95.1 cm³/mol. The van der Waals surface area contributed by atoms with Gasteiger partial charge >= 0.3 is 10.4 Å². The standard InChI is InChI=1S/C17H36O6S/c1-5-8-10-12-14-20-17(4,21-15-13-11-9-6-2)16-23-24(18,19)22-7-3/h5-16H2,1-4H3. The fourth-order valence-corrected chi connectivity index (χ4v) is 2.83. The van der Waals surface area contributed by atoms with Gasteiger partial charge in [-0.25, -0.2) is 8.37 Å². The molecule has 0 aliphatic carbocycles. The Balaban J connectivity index is 4.39. The molecule has 0 saturated heterocycles. The van der Waals surface area contributed by atoms with E-state index in [2.05, 4.69) is 18.0 Å². The van der Waals surface area contributed by atoms with E-state index >= 15 is 0 Å². The van der Waals surface area contributed by atoms with Crippen LogP contribution in [0, 0.1) is 0 Å². The average molecular weight is 369 g/mol. The zero-order valence-electron chi connectivity index (χ0n) is 15.8. The van der Waals surface area contributed by atoms with Gasteiger partial charge in [-0.15, -0.1) is 0 Å². The van der Waals surface area contributed by atoms with Crippen LogP contribution in [0.1, 0.15) is 79.1 Å². The Labute approximate surface area is 148 Å². The van der Waals surface area contributed by atoms with Gasteiger partial charge in [-0.05, 0) is 26.7 Å². The third-order valence-corrected chi connectivity index (χ3v) is 4.47. The van der Waals surface area contributed by atoms with Gasteiger partial charge in [-0.2, -0.15) is 8.42 Å². The molecule has 0 aliphatic heterocycles. The van der Waals surface area contributed by atoms with E-state index in [1.54, 1.807) is 13.8 Å². The van der Waals surface area contributed by atoms with Gasteiger partial charge in [0.05, 0.1) is 19.8 Å². The van der Waals surface area contributed by atoms with Crippen molar-refractivity contribution < 1.29 is 26.3 Å². The normalized spacial score (nSPS) is 12.7. The second-order valence-corrected chi connectivity index (χ2v) is 7.32. The summed E-state index contributed by atoms with van der Waals surface area (Å²) < 4.78 is 44.2. The van der Waals surface area contributed by atoms with Crippen molar-refractivity contribution in [2.75, 3.05) is 26.4 Å². The molecule has 0 rings (SSSR count). The minimum absolute atomic E-state index is 0.0365. The molecule has 0 radical (unpaired) electrons. The molecule has 6 nitrogen and oxygen atoms in total. The lowest BCUT2D eigenvalue weighted by atomic mass is 10.2. The molecule has 0 bridgehead atoms. The molecule has 24 heavy (non-hydrogen) atoms. The van der Waals surface area contributed by atoms with E-state index in [4.69, 9.17) is 13.7 Å². The van der Waals surface area contributed by atoms with Crippen LogP contribution in [0.25, 0.3) is 0 Å². The van der Waals surface area contributed by atoms with Gasteiger partial charge in [0, 0.05) is 0 Å². The van der Waals surface area contributed by atoms with E-state index in [1.807, 2.05) is 0 Å². The zero-order valence-corrected chi connectivity index (χ0v) is 16.7. The van der Waals surface area contributed by atoms with Crippen molar-refractivity contribution in [3.8, 4) is 0 Å². The Bertz CT molecular complexity index is 369. The minimum atomic E-state index is -4.00. The smallest absolute Gasteiger partial charge is 0.348 e. The second kappa shape index (κ2) is 14.0. The van der Waals surface area contributed by atoms with E-state index in [0.717, 1.165) is 51.4 Å². The van der Waals surface area contributed by atoms with E-state index in [-0.39, 0.29) is 13.2 Å². The molecule has 0 spiro atoms. The average Bonchev–Trinajstić information content (AvgIpc) is 2.53. The first-order chi connectivity index (χ1) is 11.4. The molecule has 0 aromatic rings. The molecule has 0 aliphatic rings. The van der Waals surface area contributed by atoms with Crippen molar-refractivity contribution >= 4 is 10.4 Å². The fourth-order valence-electron chi connectivity index (χ4n) is 2.12. The van der Waals surface area contributed by atoms with Gasteiger partial charge in [0.1, 0.15) is 6.61 Å². The van der Waals surface area contributed by atoms with Crippen LogP contribution in [0.15, 0.2) is 0 Å². The molecular formula is C17H36O6S. The van der Waals surface area contributed by atoms with Gasteiger partial charge in [0.15, 0.2) is 5.79 Å². The molecule has 0 amide bonds. The Morgan fingerprint density at radius 1 is 0.750 bits per heavy atom. The van der Waals surface area contributed by atoms with E-state index in [0.29, 0.717) is 13.2 Å². The number of rotatable bonds is 17. The molecule has 0 N–H and O–H groups in total. The summed E-state index contributed by atoms with van der Waals surface area (Å²) in [6.45, 7) is 8.47. The van der Waals surface area contributed by atoms with Crippen LogP contribution >= 0.6 is 0 Å². The summed E-state index contributed by atoms with van der Waals surface area (Å²) in [5.41, 5.74) is 0. The second-order valence-electron chi connectivity index (χ2n) is 6.03. The van der Waals surface area contributed by atoms with Gasteiger partial charge in [0.2, 0.25) is 0 Å². The number of hydrogen-bond acceptors (Lipinski definition) is 6. The van der Waals surface area contributed by atoms with Crippen LogP contribution < -0.4 is 0 Å². The SMILES string of the molecule is CCCCCCOC(C)(COS(=O)(=O)OCC)OCCCCCC. The molecule has 0 saturated carbocycles. The highest BCUT2D eigenvalue weighted by Gasteiger charge is 2.29.